The van der Waals surface area contributed by atoms with E-state index >= 15 is 0 Å². The minimum Gasteiger partial charge on any atom is -0.370 e. The van der Waals surface area contributed by atoms with Crippen LogP contribution in [0.5, 0.6) is 0 Å². The van der Waals surface area contributed by atoms with Gasteiger partial charge < -0.3 is 19.5 Å². The summed E-state index contributed by atoms with van der Waals surface area (Å²) in [5, 5.41) is 7.42. The lowest BCUT2D eigenvalue weighted by Crippen LogP contribution is -2.48. The Morgan fingerprint density at radius 2 is 2.19 bits per heavy atom. The summed E-state index contributed by atoms with van der Waals surface area (Å²) in [5.41, 5.74) is 3.47. The van der Waals surface area contributed by atoms with Crippen LogP contribution in [0.15, 0.2) is 39.8 Å². The Morgan fingerprint density at radius 3 is 2.92 bits per heavy atom. The van der Waals surface area contributed by atoms with Crippen LogP contribution in [0.2, 0.25) is 0 Å². The van der Waals surface area contributed by atoms with Crippen LogP contribution in [0, 0.1) is 6.92 Å². The zero-order chi connectivity index (χ0) is 18.4. The first-order valence-electron chi connectivity index (χ1n) is 9.36. The molecule has 140 valence electrons. The van der Waals surface area contributed by atoms with Gasteiger partial charge in [0.2, 0.25) is 0 Å². The number of hydrogen-bond acceptors (Lipinski definition) is 4. The van der Waals surface area contributed by atoms with Gasteiger partial charge in [-0.25, -0.2) is 4.99 Å². The van der Waals surface area contributed by atoms with Crippen molar-refractivity contribution in [3.05, 3.63) is 52.9 Å². The van der Waals surface area contributed by atoms with E-state index < -0.39 is 0 Å². The van der Waals surface area contributed by atoms with Crippen molar-refractivity contribution in [2.45, 2.75) is 39.8 Å². The van der Waals surface area contributed by atoms with Crippen LogP contribution in [0.1, 0.15) is 42.5 Å². The molecule has 0 saturated carbocycles. The molecular weight excluding hydrogens is 328 g/mol. The molecule has 6 nitrogen and oxygen atoms in total. The third-order valence-corrected chi connectivity index (χ3v) is 4.59. The number of morpholine rings is 1. The van der Waals surface area contributed by atoms with Crippen LogP contribution in [0.25, 0.3) is 0 Å². The van der Waals surface area contributed by atoms with E-state index in [1.165, 1.54) is 11.1 Å². The molecule has 1 aromatic carbocycles. The third kappa shape index (κ3) is 4.43. The summed E-state index contributed by atoms with van der Waals surface area (Å²) in [4.78, 5) is 7.01. The molecule has 6 heteroatoms. The molecule has 0 bridgehead atoms. The molecule has 0 spiro atoms. The summed E-state index contributed by atoms with van der Waals surface area (Å²) in [6.45, 7) is 9.88. The van der Waals surface area contributed by atoms with Crippen LogP contribution in [0.4, 0.5) is 0 Å². The monoisotopic (exact) mass is 356 g/mol. The number of aryl methyl sites for hydroxylation is 2. The number of nitrogens with zero attached hydrogens (tertiary/aromatic N) is 3. The van der Waals surface area contributed by atoms with Crippen molar-refractivity contribution >= 4 is 5.96 Å². The van der Waals surface area contributed by atoms with E-state index in [0.717, 1.165) is 43.5 Å². The second-order valence-electron chi connectivity index (χ2n) is 6.47. The van der Waals surface area contributed by atoms with Crippen molar-refractivity contribution in [3.63, 3.8) is 0 Å². The number of ether oxygens (including phenoxy) is 1. The lowest BCUT2D eigenvalue weighted by atomic mass is 10.0. The number of hydrogen-bond donors (Lipinski definition) is 1. The minimum absolute atomic E-state index is 0.0609. The second-order valence-corrected chi connectivity index (χ2v) is 6.47. The molecule has 1 unspecified atom stereocenters. The first kappa shape index (κ1) is 18.5. The first-order valence-corrected chi connectivity index (χ1v) is 9.36. The summed E-state index contributed by atoms with van der Waals surface area (Å²) in [6, 6.07) is 10.4. The SMILES string of the molecule is CCNC(=NCc1cc(CC)no1)N1CCOC(c2ccccc2C)C1. The highest BCUT2D eigenvalue weighted by molar-refractivity contribution is 5.80. The van der Waals surface area contributed by atoms with E-state index in [2.05, 4.69) is 60.4 Å². The van der Waals surface area contributed by atoms with E-state index in [1.807, 2.05) is 6.07 Å². The Hall–Kier alpha value is -2.34. The minimum atomic E-state index is 0.0609. The summed E-state index contributed by atoms with van der Waals surface area (Å²) < 4.78 is 11.4. The number of nitrogens with one attached hydrogen (secondary N) is 1. The summed E-state index contributed by atoms with van der Waals surface area (Å²) in [7, 11) is 0. The van der Waals surface area contributed by atoms with Gasteiger partial charge in [-0.2, -0.15) is 0 Å². The van der Waals surface area contributed by atoms with Crippen LogP contribution in [-0.2, 0) is 17.7 Å². The van der Waals surface area contributed by atoms with Gasteiger partial charge in [0.25, 0.3) is 0 Å². The maximum atomic E-state index is 6.03. The maximum Gasteiger partial charge on any atom is 0.194 e. The zero-order valence-electron chi connectivity index (χ0n) is 15.9. The van der Waals surface area contributed by atoms with Gasteiger partial charge in [0.1, 0.15) is 12.6 Å². The molecule has 2 aromatic rings. The van der Waals surface area contributed by atoms with Crippen molar-refractivity contribution in [3.8, 4) is 0 Å². The first-order chi connectivity index (χ1) is 12.7. The number of aromatic nitrogens is 1. The summed E-state index contributed by atoms with van der Waals surface area (Å²) in [5.74, 6) is 1.68. The van der Waals surface area contributed by atoms with Crippen molar-refractivity contribution in [1.29, 1.82) is 0 Å². The van der Waals surface area contributed by atoms with Gasteiger partial charge in [0.15, 0.2) is 11.7 Å². The van der Waals surface area contributed by atoms with Gasteiger partial charge in [0.05, 0.1) is 18.8 Å². The Labute approximate surface area is 155 Å². The van der Waals surface area contributed by atoms with Crippen molar-refractivity contribution in [2.24, 2.45) is 4.99 Å². The highest BCUT2D eigenvalue weighted by Crippen LogP contribution is 2.25. The standard InChI is InChI=1S/C20H28N4O2/c1-4-16-12-17(26-23-16)13-22-20(21-5-2)24-10-11-25-19(14-24)18-9-7-6-8-15(18)3/h6-9,12,19H,4-5,10-11,13-14H2,1-3H3,(H,21,22). The van der Waals surface area contributed by atoms with Gasteiger partial charge in [-0.1, -0.05) is 36.3 Å². The fourth-order valence-electron chi connectivity index (χ4n) is 3.15. The van der Waals surface area contributed by atoms with Crippen LogP contribution in [-0.4, -0.2) is 42.3 Å². The highest BCUT2D eigenvalue weighted by atomic mass is 16.5. The van der Waals surface area contributed by atoms with Crippen molar-refractivity contribution in [1.82, 2.24) is 15.4 Å². The van der Waals surface area contributed by atoms with Crippen molar-refractivity contribution < 1.29 is 9.26 Å². The Morgan fingerprint density at radius 1 is 1.35 bits per heavy atom. The predicted molar refractivity (Wildman–Crippen MR) is 102 cm³/mol. The zero-order valence-corrected chi connectivity index (χ0v) is 15.9. The number of rotatable bonds is 5. The molecule has 1 atom stereocenters. The molecule has 1 aliphatic heterocycles. The molecular formula is C20H28N4O2. The van der Waals surface area contributed by atoms with E-state index in [1.54, 1.807) is 0 Å². The van der Waals surface area contributed by atoms with Gasteiger partial charge in [0, 0.05) is 19.2 Å². The predicted octanol–water partition coefficient (Wildman–Crippen LogP) is 3.08. The van der Waals surface area contributed by atoms with Gasteiger partial charge in [-0.05, 0) is 31.4 Å². The maximum absolute atomic E-state index is 6.03. The highest BCUT2D eigenvalue weighted by Gasteiger charge is 2.25. The molecule has 1 aromatic heterocycles. The Kier molecular flexibility index (Phi) is 6.28. The average molecular weight is 356 g/mol. The molecule has 1 aliphatic rings. The normalized spacial score (nSPS) is 18.2. The smallest absolute Gasteiger partial charge is 0.194 e. The Bertz CT molecular complexity index is 741. The van der Waals surface area contributed by atoms with E-state index in [0.29, 0.717) is 13.2 Å². The van der Waals surface area contributed by atoms with E-state index in [-0.39, 0.29) is 6.10 Å². The second kappa shape index (κ2) is 8.85. The molecule has 1 saturated heterocycles. The van der Waals surface area contributed by atoms with Crippen LogP contribution >= 0.6 is 0 Å². The molecule has 3 rings (SSSR count). The number of benzene rings is 1. The van der Waals surface area contributed by atoms with Gasteiger partial charge in [-0.3, -0.25) is 0 Å². The van der Waals surface area contributed by atoms with Gasteiger partial charge in [-0.15, -0.1) is 0 Å². The molecule has 1 fully saturated rings. The fourth-order valence-corrected chi connectivity index (χ4v) is 3.15. The Balaban J connectivity index is 1.72. The average Bonchev–Trinajstić information content (AvgIpc) is 3.14. The van der Waals surface area contributed by atoms with Crippen LogP contribution in [0.3, 0.4) is 0 Å². The molecule has 1 N–H and O–H groups in total. The van der Waals surface area contributed by atoms with Gasteiger partial charge >= 0.3 is 0 Å². The summed E-state index contributed by atoms with van der Waals surface area (Å²) in [6.07, 6.45) is 0.931. The van der Waals surface area contributed by atoms with Crippen LogP contribution < -0.4 is 5.32 Å². The lowest BCUT2D eigenvalue weighted by Gasteiger charge is -2.35. The molecule has 26 heavy (non-hydrogen) atoms. The molecule has 0 radical (unpaired) electrons. The number of guanidine groups is 1. The lowest BCUT2D eigenvalue weighted by molar-refractivity contribution is -0.00835. The third-order valence-electron chi connectivity index (χ3n) is 4.59. The number of aliphatic imine (C=N–C) groups is 1. The molecule has 2 heterocycles. The topological polar surface area (TPSA) is 62.9 Å². The molecule has 0 aliphatic carbocycles. The quantitative estimate of drug-likeness (QED) is 0.659. The summed E-state index contributed by atoms with van der Waals surface area (Å²) >= 11 is 0. The van der Waals surface area contributed by atoms with E-state index in [9.17, 15) is 0 Å². The molecule has 0 amide bonds. The largest absolute Gasteiger partial charge is 0.370 e. The van der Waals surface area contributed by atoms with E-state index in [4.69, 9.17) is 14.3 Å². The fraction of sp³-hybridized carbons (Fsp3) is 0.500. The van der Waals surface area contributed by atoms with Crippen molar-refractivity contribution in [2.75, 3.05) is 26.2 Å².